The fourth-order valence-electron chi connectivity index (χ4n) is 3.44. The van der Waals surface area contributed by atoms with Gasteiger partial charge in [-0.25, -0.2) is 4.79 Å². The molecule has 0 radical (unpaired) electrons. The number of halogens is 1. The second kappa shape index (κ2) is 8.47. The number of carboxylic acids is 1. The van der Waals surface area contributed by atoms with Crippen LogP contribution in [0.2, 0.25) is 5.02 Å². The van der Waals surface area contributed by atoms with Crippen molar-refractivity contribution in [1.82, 2.24) is 0 Å². The molecule has 0 fully saturated rings. The first-order valence-corrected chi connectivity index (χ1v) is 9.79. The molecule has 1 amide bonds. The Kier molecular flexibility index (Phi) is 5.59. The Morgan fingerprint density at radius 1 is 1.00 bits per heavy atom. The van der Waals surface area contributed by atoms with Crippen LogP contribution < -0.4 is 15.0 Å². The quantitative estimate of drug-likeness (QED) is 0.637. The standard InChI is InChI=1S/C23H19ClN2O4/c24-19-7-3-2-6-17(19)22(27)25-16-9-10-20(18(13-16)23(28)29)26-11-12-30-21-8-4-1-5-15(21)14-26/h1-10,13H,11-12,14H2,(H,25,27)(H,28,29). The van der Waals surface area contributed by atoms with Gasteiger partial charge in [0, 0.05) is 17.8 Å². The fraction of sp³-hybridized carbons (Fsp3) is 0.130. The lowest BCUT2D eigenvalue weighted by Crippen LogP contribution is -2.27. The molecule has 1 heterocycles. The van der Waals surface area contributed by atoms with Gasteiger partial charge in [-0.3, -0.25) is 4.79 Å². The van der Waals surface area contributed by atoms with Crippen LogP contribution in [-0.2, 0) is 6.54 Å². The minimum absolute atomic E-state index is 0.103. The summed E-state index contributed by atoms with van der Waals surface area (Å²) in [7, 11) is 0. The molecule has 3 aromatic carbocycles. The number of ether oxygens (including phenoxy) is 1. The van der Waals surface area contributed by atoms with Gasteiger partial charge >= 0.3 is 5.97 Å². The van der Waals surface area contributed by atoms with E-state index in [1.54, 1.807) is 36.4 Å². The SMILES string of the molecule is O=C(Nc1ccc(N2CCOc3ccccc3C2)c(C(=O)O)c1)c1ccccc1Cl. The second-order valence-corrected chi connectivity index (χ2v) is 7.26. The monoisotopic (exact) mass is 422 g/mol. The number of rotatable bonds is 4. The van der Waals surface area contributed by atoms with Crippen molar-refractivity contribution in [3.05, 3.63) is 88.4 Å². The molecule has 152 valence electrons. The van der Waals surface area contributed by atoms with Crippen LogP contribution in [0.15, 0.2) is 66.7 Å². The molecule has 1 aliphatic rings. The smallest absolute Gasteiger partial charge is 0.337 e. The molecule has 0 aromatic heterocycles. The number of nitrogens with one attached hydrogen (secondary N) is 1. The van der Waals surface area contributed by atoms with Crippen molar-refractivity contribution in [3.63, 3.8) is 0 Å². The molecule has 3 aromatic rings. The Morgan fingerprint density at radius 2 is 1.77 bits per heavy atom. The van der Waals surface area contributed by atoms with E-state index < -0.39 is 11.9 Å². The Hall–Kier alpha value is -3.51. The van der Waals surface area contributed by atoms with E-state index in [0.29, 0.717) is 41.7 Å². The molecule has 1 aliphatic heterocycles. The van der Waals surface area contributed by atoms with Crippen LogP contribution in [0.1, 0.15) is 26.3 Å². The normalized spacial score (nSPS) is 13.0. The zero-order valence-electron chi connectivity index (χ0n) is 16.0. The first-order chi connectivity index (χ1) is 14.5. The topological polar surface area (TPSA) is 78.9 Å². The number of para-hydroxylation sites is 1. The average molecular weight is 423 g/mol. The molecular weight excluding hydrogens is 404 g/mol. The summed E-state index contributed by atoms with van der Waals surface area (Å²) in [5, 5.41) is 12.8. The van der Waals surface area contributed by atoms with Gasteiger partial charge in [-0.1, -0.05) is 41.9 Å². The predicted molar refractivity (Wildman–Crippen MR) is 116 cm³/mol. The van der Waals surface area contributed by atoms with Crippen molar-refractivity contribution in [2.45, 2.75) is 6.54 Å². The minimum atomic E-state index is -1.07. The molecular formula is C23H19ClN2O4. The number of amides is 1. The lowest BCUT2D eigenvalue weighted by atomic mass is 10.1. The number of aromatic carboxylic acids is 1. The molecule has 0 saturated heterocycles. The van der Waals surface area contributed by atoms with Crippen molar-refractivity contribution >= 4 is 34.9 Å². The van der Waals surface area contributed by atoms with Crippen LogP contribution in [0.25, 0.3) is 0 Å². The maximum atomic E-state index is 12.5. The molecule has 0 saturated carbocycles. The third-order valence-electron chi connectivity index (χ3n) is 4.90. The first kappa shape index (κ1) is 19.8. The molecule has 0 spiro atoms. The number of nitrogens with zero attached hydrogens (tertiary/aromatic N) is 1. The first-order valence-electron chi connectivity index (χ1n) is 9.42. The summed E-state index contributed by atoms with van der Waals surface area (Å²) in [6, 6.07) is 19.3. The predicted octanol–water partition coefficient (Wildman–Crippen LogP) is 4.69. The van der Waals surface area contributed by atoms with Crippen LogP contribution in [0.4, 0.5) is 11.4 Å². The van der Waals surface area contributed by atoms with Gasteiger partial charge in [0.1, 0.15) is 12.4 Å². The number of benzene rings is 3. The third kappa shape index (κ3) is 4.09. The summed E-state index contributed by atoms with van der Waals surface area (Å²) in [6.07, 6.45) is 0. The van der Waals surface area contributed by atoms with Gasteiger partial charge in [-0.15, -0.1) is 0 Å². The largest absolute Gasteiger partial charge is 0.491 e. The van der Waals surface area contributed by atoms with Crippen molar-refractivity contribution in [2.75, 3.05) is 23.4 Å². The van der Waals surface area contributed by atoms with Gasteiger partial charge in [-0.2, -0.15) is 0 Å². The number of hydrogen-bond acceptors (Lipinski definition) is 4. The van der Waals surface area contributed by atoms with Gasteiger partial charge in [-0.05, 0) is 36.4 Å². The van der Waals surface area contributed by atoms with Gasteiger partial charge in [0.05, 0.1) is 28.4 Å². The van der Waals surface area contributed by atoms with Crippen LogP contribution in [0.5, 0.6) is 5.75 Å². The van der Waals surface area contributed by atoms with Crippen molar-refractivity contribution in [2.24, 2.45) is 0 Å². The Balaban J connectivity index is 1.62. The molecule has 30 heavy (non-hydrogen) atoms. The van der Waals surface area contributed by atoms with Gasteiger partial charge in [0.15, 0.2) is 0 Å². The molecule has 6 nitrogen and oxygen atoms in total. The summed E-state index contributed by atoms with van der Waals surface area (Å²) in [5.41, 5.74) is 2.36. The van der Waals surface area contributed by atoms with E-state index in [4.69, 9.17) is 16.3 Å². The van der Waals surface area contributed by atoms with E-state index in [0.717, 1.165) is 11.3 Å². The molecule has 4 rings (SSSR count). The number of carbonyl (C=O) groups is 2. The van der Waals surface area contributed by atoms with Crippen molar-refractivity contribution in [1.29, 1.82) is 0 Å². The minimum Gasteiger partial charge on any atom is -0.491 e. The highest BCUT2D eigenvalue weighted by Crippen LogP contribution is 2.30. The Labute approximate surface area is 178 Å². The highest BCUT2D eigenvalue weighted by atomic mass is 35.5. The molecule has 7 heteroatoms. The van der Waals surface area contributed by atoms with Gasteiger partial charge in [0.25, 0.3) is 5.91 Å². The van der Waals surface area contributed by atoms with Crippen LogP contribution in [0, 0.1) is 0 Å². The second-order valence-electron chi connectivity index (χ2n) is 6.85. The molecule has 0 bridgehead atoms. The van der Waals surface area contributed by atoms with E-state index in [1.165, 1.54) is 6.07 Å². The van der Waals surface area contributed by atoms with E-state index in [2.05, 4.69) is 5.32 Å². The number of anilines is 2. The van der Waals surface area contributed by atoms with Crippen LogP contribution in [-0.4, -0.2) is 30.1 Å². The molecule has 0 unspecified atom stereocenters. The Bertz CT molecular complexity index is 1120. The number of carbonyl (C=O) groups excluding carboxylic acids is 1. The summed E-state index contributed by atoms with van der Waals surface area (Å²) < 4.78 is 5.78. The zero-order valence-corrected chi connectivity index (χ0v) is 16.7. The van der Waals surface area contributed by atoms with Crippen molar-refractivity contribution < 1.29 is 19.4 Å². The van der Waals surface area contributed by atoms with Gasteiger partial charge in [0.2, 0.25) is 0 Å². The number of carboxylic acid groups (broad SMARTS) is 1. The van der Waals surface area contributed by atoms with E-state index in [9.17, 15) is 14.7 Å². The summed E-state index contributed by atoms with van der Waals surface area (Å²) in [6.45, 7) is 1.52. The average Bonchev–Trinajstić information content (AvgIpc) is 2.96. The highest BCUT2D eigenvalue weighted by Gasteiger charge is 2.21. The number of hydrogen-bond donors (Lipinski definition) is 2. The van der Waals surface area contributed by atoms with E-state index in [1.807, 2.05) is 29.2 Å². The molecule has 0 atom stereocenters. The fourth-order valence-corrected chi connectivity index (χ4v) is 3.66. The van der Waals surface area contributed by atoms with Crippen molar-refractivity contribution in [3.8, 4) is 5.75 Å². The van der Waals surface area contributed by atoms with Crippen LogP contribution >= 0.6 is 11.6 Å². The van der Waals surface area contributed by atoms with E-state index >= 15 is 0 Å². The lowest BCUT2D eigenvalue weighted by molar-refractivity contribution is 0.0697. The third-order valence-corrected chi connectivity index (χ3v) is 5.23. The van der Waals surface area contributed by atoms with Gasteiger partial charge < -0.3 is 20.1 Å². The van der Waals surface area contributed by atoms with Crippen LogP contribution in [0.3, 0.4) is 0 Å². The lowest BCUT2D eigenvalue weighted by Gasteiger charge is -2.24. The number of fused-ring (bicyclic) bond motifs is 1. The summed E-state index contributed by atoms with van der Waals surface area (Å²) in [4.78, 5) is 26.4. The zero-order chi connectivity index (χ0) is 21.1. The molecule has 0 aliphatic carbocycles. The maximum absolute atomic E-state index is 12.5. The summed E-state index contributed by atoms with van der Waals surface area (Å²) in [5.74, 6) is -0.667. The van der Waals surface area contributed by atoms with E-state index in [-0.39, 0.29) is 5.56 Å². The maximum Gasteiger partial charge on any atom is 0.337 e. The highest BCUT2D eigenvalue weighted by molar-refractivity contribution is 6.34. The summed E-state index contributed by atoms with van der Waals surface area (Å²) >= 11 is 6.08. The Morgan fingerprint density at radius 3 is 2.57 bits per heavy atom. The molecule has 2 N–H and O–H groups in total.